The molecule has 116 valence electrons. The lowest BCUT2D eigenvalue weighted by Crippen LogP contribution is -2.40. The molecule has 0 saturated carbocycles. The third-order valence-corrected chi connectivity index (χ3v) is 3.92. The van der Waals surface area contributed by atoms with Crippen molar-refractivity contribution in [2.75, 3.05) is 13.1 Å². The molecule has 3 unspecified atom stereocenters. The Labute approximate surface area is 119 Å². The van der Waals surface area contributed by atoms with Crippen LogP contribution in [0.15, 0.2) is 0 Å². The molecule has 0 aromatic carbocycles. The van der Waals surface area contributed by atoms with Gasteiger partial charge in [-0.2, -0.15) is 0 Å². The molecule has 1 amide bonds. The first kappa shape index (κ1) is 16.9. The molecule has 4 N–H and O–H groups in total. The number of aliphatic hydroxyl groups is 1. The molecule has 1 saturated heterocycles. The van der Waals surface area contributed by atoms with Crippen molar-refractivity contribution in [1.82, 2.24) is 4.90 Å². The van der Waals surface area contributed by atoms with Crippen LogP contribution in [0.2, 0.25) is 0 Å². The molecule has 1 heterocycles. The van der Waals surface area contributed by atoms with Gasteiger partial charge in [-0.15, -0.1) is 0 Å². The van der Waals surface area contributed by atoms with E-state index in [2.05, 4.69) is 6.92 Å². The van der Waals surface area contributed by atoms with Crippen LogP contribution < -0.4 is 5.73 Å². The minimum absolute atomic E-state index is 0.127. The van der Waals surface area contributed by atoms with Crippen LogP contribution in [0.1, 0.15) is 45.4 Å². The molecule has 6 heteroatoms. The number of aliphatic carboxylic acids is 1. The van der Waals surface area contributed by atoms with Gasteiger partial charge in [0, 0.05) is 19.4 Å². The summed E-state index contributed by atoms with van der Waals surface area (Å²) in [6.45, 7) is 2.84. The van der Waals surface area contributed by atoms with Gasteiger partial charge in [0.25, 0.3) is 0 Å². The van der Waals surface area contributed by atoms with Gasteiger partial charge in [-0.1, -0.05) is 19.8 Å². The van der Waals surface area contributed by atoms with E-state index in [-0.39, 0.29) is 18.9 Å². The van der Waals surface area contributed by atoms with Crippen LogP contribution >= 0.6 is 0 Å². The number of aliphatic hydroxyl groups excluding tert-OH is 1. The number of nitrogens with two attached hydrogens (primary N) is 1. The summed E-state index contributed by atoms with van der Waals surface area (Å²) < 4.78 is 0. The van der Waals surface area contributed by atoms with Crippen LogP contribution in [-0.4, -0.2) is 52.2 Å². The van der Waals surface area contributed by atoms with Gasteiger partial charge in [0.1, 0.15) is 6.04 Å². The number of carbonyl (C=O) groups is 2. The molecule has 0 aromatic heterocycles. The number of rotatable bonds is 8. The summed E-state index contributed by atoms with van der Waals surface area (Å²) >= 11 is 0. The van der Waals surface area contributed by atoms with E-state index in [1.165, 1.54) is 4.90 Å². The van der Waals surface area contributed by atoms with Gasteiger partial charge >= 0.3 is 5.97 Å². The molecule has 1 fully saturated rings. The lowest BCUT2D eigenvalue weighted by molar-refractivity contribution is -0.148. The highest BCUT2D eigenvalue weighted by molar-refractivity contribution is 5.84. The third-order valence-electron chi connectivity index (χ3n) is 3.92. The third kappa shape index (κ3) is 4.76. The molecule has 3 atom stereocenters. The first-order valence-electron chi connectivity index (χ1n) is 7.40. The van der Waals surface area contributed by atoms with Crippen LogP contribution in [0.5, 0.6) is 0 Å². The summed E-state index contributed by atoms with van der Waals surface area (Å²) in [5.74, 6) is -0.793. The zero-order chi connectivity index (χ0) is 15.1. The number of carboxylic acid groups (broad SMARTS) is 1. The van der Waals surface area contributed by atoms with E-state index >= 15 is 0 Å². The number of carbonyl (C=O) groups excluding carboxylic acids is 1. The summed E-state index contributed by atoms with van der Waals surface area (Å²) in [5, 5.41) is 18.6. The number of carboxylic acids is 1. The fourth-order valence-electron chi connectivity index (χ4n) is 2.87. The van der Waals surface area contributed by atoms with Crippen molar-refractivity contribution in [1.29, 1.82) is 0 Å². The maximum atomic E-state index is 12.1. The molecule has 0 aromatic rings. The Morgan fingerprint density at radius 3 is 2.60 bits per heavy atom. The minimum atomic E-state index is -1.04. The number of hydrogen-bond acceptors (Lipinski definition) is 4. The van der Waals surface area contributed by atoms with Gasteiger partial charge in [-0.05, 0) is 25.3 Å². The maximum Gasteiger partial charge on any atom is 0.326 e. The Morgan fingerprint density at radius 1 is 1.35 bits per heavy atom. The van der Waals surface area contributed by atoms with E-state index < -0.39 is 18.1 Å². The van der Waals surface area contributed by atoms with Crippen LogP contribution in [0.25, 0.3) is 0 Å². The number of likely N-dealkylation sites (tertiary alicyclic amines) is 1. The van der Waals surface area contributed by atoms with Crippen molar-refractivity contribution in [2.24, 2.45) is 11.7 Å². The number of nitrogens with zero attached hydrogens (tertiary/aromatic N) is 1. The quantitative estimate of drug-likeness (QED) is 0.605. The smallest absolute Gasteiger partial charge is 0.326 e. The second-order valence-corrected chi connectivity index (χ2v) is 5.56. The summed E-state index contributed by atoms with van der Waals surface area (Å²) in [6, 6.07) is -0.878. The zero-order valence-electron chi connectivity index (χ0n) is 12.1. The SMILES string of the molecule is CCCC(CCN)CCC(=O)N1CC(O)CC1C(=O)O. The van der Waals surface area contributed by atoms with Crippen molar-refractivity contribution >= 4 is 11.9 Å². The first-order chi connectivity index (χ1) is 9.49. The second-order valence-electron chi connectivity index (χ2n) is 5.56. The Hall–Kier alpha value is -1.14. The van der Waals surface area contributed by atoms with E-state index in [9.17, 15) is 14.7 Å². The lowest BCUT2D eigenvalue weighted by Gasteiger charge is -2.22. The topological polar surface area (TPSA) is 104 Å². The number of amides is 1. The van der Waals surface area contributed by atoms with Gasteiger partial charge in [-0.3, -0.25) is 4.79 Å². The van der Waals surface area contributed by atoms with Crippen LogP contribution in [0, 0.1) is 5.92 Å². The highest BCUT2D eigenvalue weighted by atomic mass is 16.4. The van der Waals surface area contributed by atoms with Crippen LogP contribution in [0.3, 0.4) is 0 Å². The van der Waals surface area contributed by atoms with E-state index in [4.69, 9.17) is 10.8 Å². The molecule has 0 bridgehead atoms. The average Bonchev–Trinajstić information content (AvgIpc) is 2.78. The lowest BCUT2D eigenvalue weighted by atomic mass is 9.94. The normalized spacial score (nSPS) is 23.9. The molecular formula is C14H26N2O4. The Balaban J connectivity index is 2.50. The molecule has 1 aliphatic rings. The highest BCUT2D eigenvalue weighted by Crippen LogP contribution is 2.22. The Morgan fingerprint density at radius 2 is 2.05 bits per heavy atom. The molecule has 1 rings (SSSR count). The summed E-state index contributed by atoms with van der Waals surface area (Å²) in [7, 11) is 0. The van der Waals surface area contributed by atoms with E-state index in [0.717, 1.165) is 25.7 Å². The van der Waals surface area contributed by atoms with Crippen LogP contribution in [0.4, 0.5) is 0 Å². The predicted octanol–water partition coefficient (Wildman–Crippen LogP) is 0.578. The summed E-state index contributed by atoms with van der Waals surface area (Å²) in [5.41, 5.74) is 5.56. The fraction of sp³-hybridized carbons (Fsp3) is 0.857. The van der Waals surface area contributed by atoms with E-state index in [1.54, 1.807) is 0 Å². The van der Waals surface area contributed by atoms with E-state index in [1.807, 2.05) is 0 Å². The monoisotopic (exact) mass is 286 g/mol. The van der Waals surface area contributed by atoms with Crippen molar-refractivity contribution < 1.29 is 19.8 Å². The molecular weight excluding hydrogens is 260 g/mol. The minimum Gasteiger partial charge on any atom is -0.480 e. The maximum absolute atomic E-state index is 12.1. The molecule has 0 aliphatic carbocycles. The number of β-amino-alcohol motifs (C(OH)–C–C–N with tert-alkyl or cyclic N) is 1. The Kier molecular flexibility index (Phi) is 6.95. The van der Waals surface area contributed by atoms with Crippen LogP contribution in [-0.2, 0) is 9.59 Å². The molecule has 0 spiro atoms. The summed E-state index contributed by atoms with van der Waals surface area (Å²) in [6.07, 6.45) is 3.46. The van der Waals surface area contributed by atoms with Gasteiger partial charge in [0.15, 0.2) is 0 Å². The molecule has 0 radical (unpaired) electrons. The zero-order valence-corrected chi connectivity index (χ0v) is 12.1. The molecule has 20 heavy (non-hydrogen) atoms. The fourth-order valence-corrected chi connectivity index (χ4v) is 2.87. The van der Waals surface area contributed by atoms with Gasteiger partial charge in [-0.25, -0.2) is 4.79 Å². The van der Waals surface area contributed by atoms with Gasteiger partial charge in [0.05, 0.1) is 6.10 Å². The molecule has 6 nitrogen and oxygen atoms in total. The first-order valence-corrected chi connectivity index (χ1v) is 7.40. The largest absolute Gasteiger partial charge is 0.480 e. The molecule has 1 aliphatic heterocycles. The summed E-state index contributed by atoms with van der Waals surface area (Å²) in [4.78, 5) is 24.5. The number of hydrogen-bond donors (Lipinski definition) is 3. The van der Waals surface area contributed by atoms with Crippen molar-refractivity contribution in [3.8, 4) is 0 Å². The van der Waals surface area contributed by atoms with Gasteiger partial charge in [0.2, 0.25) is 5.91 Å². The van der Waals surface area contributed by atoms with Crippen molar-refractivity contribution in [3.63, 3.8) is 0 Å². The standard InChI is InChI=1S/C14H26N2O4/c1-2-3-10(6-7-15)4-5-13(18)16-9-11(17)8-12(16)14(19)20/h10-12,17H,2-9,15H2,1H3,(H,19,20). The predicted molar refractivity (Wildman–Crippen MR) is 75.1 cm³/mol. The van der Waals surface area contributed by atoms with Gasteiger partial charge < -0.3 is 20.8 Å². The second kappa shape index (κ2) is 8.21. The van der Waals surface area contributed by atoms with Crippen molar-refractivity contribution in [3.05, 3.63) is 0 Å². The van der Waals surface area contributed by atoms with E-state index in [0.29, 0.717) is 18.9 Å². The highest BCUT2D eigenvalue weighted by Gasteiger charge is 2.38. The van der Waals surface area contributed by atoms with Crippen molar-refractivity contribution in [2.45, 2.75) is 57.6 Å². The Bertz CT molecular complexity index is 329. The average molecular weight is 286 g/mol.